The minimum atomic E-state index is -0.500. The molecule has 0 aliphatic rings. The lowest BCUT2D eigenvalue weighted by Crippen LogP contribution is -2.05. The highest BCUT2D eigenvalue weighted by Gasteiger charge is 2.10. The Morgan fingerprint density at radius 2 is 2.25 bits per heavy atom. The Bertz CT molecular complexity index is 413. The van der Waals surface area contributed by atoms with Crippen LogP contribution in [0.25, 0.3) is 0 Å². The highest BCUT2D eigenvalue weighted by molar-refractivity contribution is 6.31. The van der Waals surface area contributed by atoms with Crippen LogP contribution in [0.3, 0.4) is 0 Å². The van der Waals surface area contributed by atoms with E-state index in [1.807, 2.05) is 6.92 Å². The summed E-state index contributed by atoms with van der Waals surface area (Å²) in [5.74, 6) is -0.0175. The number of carbonyl (C=O) groups is 1. The Morgan fingerprint density at radius 3 is 2.81 bits per heavy atom. The summed E-state index contributed by atoms with van der Waals surface area (Å²) in [6.45, 7) is 6.78. The van der Waals surface area contributed by atoms with Gasteiger partial charge in [0, 0.05) is 17.5 Å². The maximum atomic E-state index is 10.6. The van der Waals surface area contributed by atoms with E-state index in [0.29, 0.717) is 17.2 Å². The molecule has 0 N–H and O–H groups in total. The molecule has 4 heteroatoms. The molecule has 86 valence electrons. The van der Waals surface area contributed by atoms with Crippen LogP contribution < -0.4 is 4.89 Å². The Morgan fingerprint density at radius 1 is 1.56 bits per heavy atom. The zero-order chi connectivity index (χ0) is 12.1. The Labute approximate surface area is 99.6 Å². The predicted molar refractivity (Wildman–Crippen MR) is 62.5 cm³/mol. The van der Waals surface area contributed by atoms with Gasteiger partial charge in [-0.05, 0) is 31.0 Å². The van der Waals surface area contributed by atoms with Crippen LogP contribution in [0, 0.1) is 6.92 Å². The van der Waals surface area contributed by atoms with E-state index in [4.69, 9.17) is 16.5 Å². The van der Waals surface area contributed by atoms with E-state index in [-0.39, 0.29) is 0 Å². The fraction of sp³-hybridized carbons (Fsp3) is 0.250. The van der Waals surface area contributed by atoms with Crippen LogP contribution in [0.5, 0.6) is 5.75 Å². The first-order chi connectivity index (χ1) is 7.56. The van der Waals surface area contributed by atoms with Crippen molar-refractivity contribution in [1.82, 2.24) is 0 Å². The molecule has 0 heterocycles. The molecule has 0 amide bonds. The second-order valence-corrected chi connectivity index (χ2v) is 3.71. The third-order valence-electron chi connectivity index (χ3n) is 2.09. The molecule has 0 saturated carbocycles. The average Bonchev–Trinajstić information content (AvgIpc) is 2.23. The van der Waals surface area contributed by atoms with Gasteiger partial charge >= 0.3 is 5.97 Å². The van der Waals surface area contributed by atoms with Gasteiger partial charge in [-0.25, -0.2) is 4.79 Å². The third-order valence-corrected chi connectivity index (χ3v) is 2.44. The van der Waals surface area contributed by atoms with Crippen LogP contribution in [-0.2, 0) is 16.1 Å². The molecule has 0 spiro atoms. The van der Waals surface area contributed by atoms with E-state index < -0.39 is 5.97 Å². The molecule has 0 aliphatic heterocycles. The number of carbonyl (C=O) groups excluding carboxylic acids is 1. The summed E-state index contributed by atoms with van der Waals surface area (Å²) in [6, 6.07) is 3.36. The van der Waals surface area contributed by atoms with Crippen molar-refractivity contribution < 1.29 is 14.6 Å². The number of hydrogen-bond donors (Lipinski definition) is 0. The summed E-state index contributed by atoms with van der Waals surface area (Å²) in [6.07, 6.45) is 2.39. The fourth-order valence-electron chi connectivity index (χ4n) is 1.29. The Hall–Kier alpha value is -1.48. The first-order valence-electron chi connectivity index (χ1n) is 4.80. The second-order valence-electron chi connectivity index (χ2n) is 3.30. The number of allylic oxidation sites excluding steroid dienone is 1. The molecule has 0 aliphatic carbocycles. The zero-order valence-corrected chi connectivity index (χ0v) is 10.0. The minimum absolute atomic E-state index is 0.483. The molecule has 0 aromatic heterocycles. The van der Waals surface area contributed by atoms with Crippen molar-refractivity contribution in [3.63, 3.8) is 0 Å². The Kier molecular flexibility index (Phi) is 4.38. The lowest BCUT2D eigenvalue weighted by molar-refractivity contribution is -0.211. The first kappa shape index (κ1) is 12.6. The van der Waals surface area contributed by atoms with Crippen LogP contribution in [0.15, 0.2) is 24.8 Å². The highest BCUT2D eigenvalue weighted by atomic mass is 35.5. The van der Waals surface area contributed by atoms with Gasteiger partial charge in [-0.3, -0.25) is 9.78 Å². The minimum Gasteiger partial charge on any atom is -0.287 e. The van der Waals surface area contributed by atoms with Gasteiger partial charge in [-0.15, -0.1) is 6.58 Å². The molecule has 0 atom stereocenters. The van der Waals surface area contributed by atoms with Crippen LogP contribution in [-0.4, -0.2) is 5.97 Å². The van der Waals surface area contributed by atoms with Gasteiger partial charge in [0.1, 0.15) is 0 Å². The molecule has 0 bridgehead atoms. The van der Waals surface area contributed by atoms with Crippen molar-refractivity contribution in [3.8, 4) is 5.75 Å². The van der Waals surface area contributed by atoms with Crippen LogP contribution in [0.2, 0.25) is 5.02 Å². The fourth-order valence-corrected chi connectivity index (χ4v) is 1.57. The quantitative estimate of drug-likeness (QED) is 0.461. The molecule has 16 heavy (non-hydrogen) atoms. The van der Waals surface area contributed by atoms with Gasteiger partial charge in [0.2, 0.25) is 0 Å². The molecule has 3 nitrogen and oxygen atoms in total. The van der Waals surface area contributed by atoms with E-state index >= 15 is 0 Å². The second kappa shape index (κ2) is 5.56. The molecule has 0 radical (unpaired) electrons. The summed E-state index contributed by atoms with van der Waals surface area (Å²) >= 11 is 6.03. The smallest absolute Gasteiger partial charge is 0.287 e. The maximum Gasteiger partial charge on any atom is 0.352 e. The first-order valence-corrected chi connectivity index (χ1v) is 5.18. The molecule has 1 aromatic rings. The van der Waals surface area contributed by atoms with Crippen molar-refractivity contribution in [2.75, 3.05) is 0 Å². The predicted octanol–water partition coefficient (Wildman–Crippen LogP) is 3.23. The summed E-state index contributed by atoms with van der Waals surface area (Å²) in [4.78, 5) is 20.0. The van der Waals surface area contributed by atoms with E-state index in [1.165, 1.54) is 6.92 Å². The Balaban J connectivity index is 2.98. The van der Waals surface area contributed by atoms with Crippen LogP contribution in [0.4, 0.5) is 0 Å². The van der Waals surface area contributed by atoms with Crippen molar-refractivity contribution in [3.05, 3.63) is 40.9 Å². The maximum absolute atomic E-state index is 10.6. The van der Waals surface area contributed by atoms with Crippen LogP contribution >= 0.6 is 11.6 Å². The lowest BCUT2D eigenvalue weighted by atomic mass is 10.0. The van der Waals surface area contributed by atoms with E-state index in [0.717, 1.165) is 11.1 Å². The molecular weight excluding hydrogens is 228 g/mol. The molecule has 1 aromatic carbocycles. The number of benzene rings is 1. The van der Waals surface area contributed by atoms with Gasteiger partial charge < -0.3 is 0 Å². The topological polar surface area (TPSA) is 35.5 Å². The molecular formula is C12H13ClO3. The number of halogens is 1. The van der Waals surface area contributed by atoms with Crippen molar-refractivity contribution in [2.45, 2.75) is 20.3 Å². The van der Waals surface area contributed by atoms with Gasteiger partial charge in [0.05, 0.1) is 0 Å². The molecule has 1 rings (SSSR count). The van der Waals surface area contributed by atoms with Crippen molar-refractivity contribution >= 4 is 17.6 Å². The van der Waals surface area contributed by atoms with E-state index in [2.05, 4.69) is 11.5 Å². The van der Waals surface area contributed by atoms with Gasteiger partial charge in [-0.1, -0.05) is 17.7 Å². The van der Waals surface area contributed by atoms with E-state index in [9.17, 15) is 4.79 Å². The van der Waals surface area contributed by atoms with Gasteiger partial charge in [0.15, 0.2) is 5.75 Å². The average molecular weight is 241 g/mol. The van der Waals surface area contributed by atoms with Crippen molar-refractivity contribution in [1.29, 1.82) is 0 Å². The van der Waals surface area contributed by atoms with E-state index in [1.54, 1.807) is 18.2 Å². The molecule has 0 saturated heterocycles. The van der Waals surface area contributed by atoms with Crippen molar-refractivity contribution in [2.24, 2.45) is 0 Å². The zero-order valence-electron chi connectivity index (χ0n) is 9.25. The monoisotopic (exact) mass is 240 g/mol. The summed E-state index contributed by atoms with van der Waals surface area (Å²) < 4.78 is 0. The summed E-state index contributed by atoms with van der Waals surface area (Å²) in [5.41, 5.74) is 1.76. The molecule has 0 fully saturated rings. The SMILES string of the molecule is C=CCc1c(Cl)ccc(OOC(C)=O)c1C. The highest BCUT2D eigenvalue weighted by Crippen LogP contribution is 2.28. The third kappa shape index (κ3) is 3.00. The summed E-state index contributed by atoms with van der Waals surface area (Å²) in [7, 11) is 0. The standard InChI is InChI=1S/C12H13ClO3/c1-4-5-10-8(2)12(7-6-11(10)13)16-15-9(3)14/h4,6-7H,1,5H2,2-3H3. The summed E-state index contributed by atoms with van der Waals surface area (Å²) in [5, 5.41) is 0.646. The molecule has 0 unspecified atom stereocenters. The van der Waals surface area contributed by atoms with Gasteiger partial charge in [0.25, 0.3) is 0 Å². The number of rotatable bonds is 4. The lowest BCUT2D eigenvalue weighted by Gasteiger charge is -2.10. The van der Waals surface area contributed by atoms with Gasteiger partial charge in [-0.2, -0.15) is 0 Å². The largest absolute Gasteiger partial charge is 0.352 e. The normalized spacial score (nSPS) is 9.69. The number of hydrogen-bond acceptors (Lipinski definition) is 3. The van der Waals surface area contributed by atoms with Crippen LogP contribution in [0.1, 0.15) is 18.1 Å².